The summed E-state index contributed by atoms with van der Waals surface area (Å²) in [5, 5.41) is 17.9. The molecule has 0 atom stereocenters. The van der Waals surface area contributed by atoms with Gasteiger partial charge < -0.3 is 19.5 Å². The van der Waals surface area contributed by atoms with Gasteiger partial charge in [-0.2, -0.15) is 0 Å². The standard InChI is InChI=1S/C28H37BO4/c1-2-3-4-6-17-32-23-12-8-21-10-14-25(27(21)19-23)26-15-11-22-9-13-24(20-28(22)26)33-18-7-5-16-29(30)31/h8-9,12-13,19-20,30-31H,2-7,10-11,14-18H2,1H3/b26-25-. The highest BCUT2D eigenvalue weighted by Crippen LogP contribution is 2.45. The first-order valence-electron chi connectivity index (χ1n) is 12.8. The molecular weight excluding hydrogens is 411 g/mol. The minimum atomic E-state index is -1.22. The summed E-state index contributed by atoms with van der Waals surface area (Å²) >= 11 is 0. The summed E-state index contributed by atoms with van der Waals surface area (Å²) < 4.78 is 12.1. The van der Waals surface area contributed by atoms with Crippen LogP contribution in [0.3, 0.4) is 0 Å². The van der Waals surface area contributed by atoms with Crippen molar-refractivity contribution in [1.29, 1.82) is 0 Å². The number of hydrogen-bond acceptors (Lipinski definition) is 4. The molecule has 2 aliphatic carbocycles. The molecule has 0 saturated heterocycles. The molecule has 5 heteroatoms. The van der Waals surface area contributed by atoms with Crippen molar-refractivity contribution in [3.63, 3.8) is 0 Å². The minimum Gasteiger partial charge on any atom is -0.494 e. The third-order valence-electron chi connectivity index (χ3n) is 6.86. The van der Waals surface area contributed by atoms with Gasteiger partial charge in [0.1, 0.15) is 11.5 Å². The third kappa shape index (κ3) is 6.21. The lowest BCUT2D eigenvalue weighted by Gasteiger charge is -2.12. The molecule has 0 saturated carbocycles. The molecule has 0 amide bonds. The van der Waals surface area contributed by atoms with Crippen molar-refractivity contribution in [2.24, 2.45) is 0 Å². The quantitative estimate of drug-likeness (QED) is 0.305. The molecular formula is C28H37BO4. The molecule has 4 rings (SSSR count). The summed E-state index contributed by atoms with van der Waals surface area (Å²) in [7, 11) is -1.22. The van der Waals surface area contributed by atoms with Gasteiger partial charge in [0, 0.05) is 0 Å². The number of rotatable bonds is 12. The van der Waals surface area contributed by atoms with Crippen molar-refractivity contribution in [2.75, 3.05) is 13.2 Å². The van der Waals surface area contributed by atoms with Crippen LogP contribution >= 0.6 is 0 Å². The van der Waals surface area contributed by atoms with Gasteiger partial charge in [0.2, 0.25) is 0 Å². The fraction of sp³-hybridized carbons (Fsp3) is 0.500. The van der Waals surface area contributed by atoms with Gasteiger partial charge in [-0.25, -0.2) is 0 Å². The lowest BCUT2D eigenvalue weighted by Crippen LogP contribution is -2.10. The lowest BCUT2D eigenvalue weighted by molar-refractivity contribution is 0.305. The van der Waals surface area contributed by atoms with Crippen LogP contribution in [0.4, 0.5) is 0 Å². The van der Waals surface area contributed by atoms with E-state index in [1.807, 2.05) is 0 Å². The van der Waals surface area contributed by atoms with E-state index in [0.29, 0.717) is 12.9 Å². The van der Waals surface area contributed by atoms with E-state index in [2.05, 4.69) is 43.3 Å². The molecule has 176 valence electrons. The van der Waals surface area contributed by atoms with Gasteiger partial charge in [0.15, 0.2) is 0 Å². The van der Waals surface area contributed by atoms with E-state index in [1.54, 1.807) is 0 Å². The van der Waals surface area contributed by atoms with Crippen molar-refractivity contribution >= 4 is 18.3 Å². The second kappa shape index (κ2) is 11.8. The topological polar surface area (TPSA) is 58.9 Å². The van der Waals surface area contributed by atoms with Crippen molar-refractivity contribution in [2.45, 2.75) is 77.5 Å². The maximum atomic E-state index is 8.97. The van der Waals surface area contributed by atoms with E-state index >= 15 is 0 Å². The Balaban J connectivity index is 1.46. The summed E-state index contributed by atoms with van der Waals surface area (Å²) in [6.45, 7) is 3.63. The van der Waals surface area contributed by atoms with Gasteiger partial charge in [-0.1, -0.05) is 44.7 Å². The van der Waals surface area contributed by atoms with Crippen LogP contribution in [0.15, 0.2) is 36.4 Å². The summed E-state index contributed by atoms with van der Waals surface area (Å²) in [4.78, 5) is 0. The van der Waals surface area contributed by atoms with Gasteiger partial charge in [-0.3, -0.25) is 0 Å². The van der Waals surface area contributed by atoms with E-state index < -0.39 is 7.12 Å². The first-order chi connectivity index (χ1) is 16.2. The molecule has 0 spiro atoms. The van der Waals surface area contributed by atoms with E-state index in [-0.39, 0.29) is 0 Å². The van der Waals surface area contributed by atoms with Crippen LogP contribution in [0.1, 0.15) is 80.5 Å². The number of benzene rings is 2. The molecule has 0 unspecified atom stereocenters. The fourth-order valence-electron chi connectivity index (χ4n) is 5.04. The Morgan fingerprint density at radius 3 is 1.76 bits per heavy atom. The number of hydrogen-bond donors (Lipinski definition) is 2. The summed E-state index contributed by atoms with van der Waals surface area (Å²) in [6.07, 6.45) is 11.2. The maximum Gasteiger partial charge on any atom is 0.451 e. The highest BCUT2D eigenvalue weighted by molar-refractivity contribution is 6.40. The van der Waals surface area contributed by atoms with Crippen molar-refractivity contribution in [1.82, 2.24) is 0 Å². The average Bonchev–Trinajstić information content (AvgIpc) is 3.41. The smallest absolute Gasteiger partial charge is 0.451 e. The number of unbranched alkanes of at least 4 members (excludes halogenated alkanes) is 4. The SMILES string of the molecule is CCCCCCOc1ccc2c(c1)/C(=C1/CCc3ccc(OCCCCB(O)O)cc31)CC2. The first kappa shape index (κ1) is 23.9. The Morgan fingerprint density at radius 1 is 0.697 bits per heavy atom. The largest absolute Gasteiger partial charge is 0.494 e. The minimum absolute atomic E-state index is 0.396. The van der Waals surface area contributed by atoms with Gasteiger partial charge in [0.05, 0.1) is 13.2 Å². The molecule has 2 aromatic carbocycles. The Labute approximate surface area is 198 Å². The van der Waals surface area contributed by atoms with Gasteiger partial charge in [-0.15, -0.1) is 0 Å². The highest BCUT2D eigenvalue weighted by Gasteiger charge is 2.26. The highest BCUT2D eigenvalue weighted by atomic mass is 16.5. The number of fused-ring (bicyclic) bond motifs is 2. The third-order valence-corrected chi connectivity index (χ3v) is 6.86. The molecule has 2 aliphatic rings. The van der Waals surface area contributed by atoms with E-state index in [1.165, 1.54) is 52.7 Å². The fourth-order valence-corrected chi connectivity index (χ4v) is 5.04. The average molecular weight is 448 g/mol. The molecule has 0 radical (unpaired) electrons. The van der Waals surface area contributed by atoms with Crippen LogP contribution in [0.5, 0.6) is 11.5 Å². The predicted molar refractivity (Wildman–Crippen MR) is 136 cm³/mol. The zero-order valence-corrected chi connectivity index (χ0v) is 19.9. The molecule has 0 bridgehead atoms. The first-order valence-corrected chi connectivity index (χ1v) is 12.8. The normalized spacial score (nSPS) is 16.6. The van der Waals surface area contributed by atoms with Gasteiger partial charge in [-0.05, 0) is 103 Å². The molecule has 2 aromatic rings. The van der Waals surface area contributed by atoms with Crippen LogP contribution in [0, 0.1) is 0 Å². The molecule has 33 heavy (non-hydrogen) atoms. The van der Waals surface area contributed by atoms with Crippen LogP contribution in [-0.4, -0.2) is 30.4 Å². The van der Waals surface area contributed by atoms with Crippen molar-refractivity contribution < 1.29 is 19.5 Å². The maximum absolute atomic E-state index is 8.97. The molecule has 4 nitrogen and oxygen atoms in total. The second-order valence-electron chi connectivity index (χ2n) is 9.33. The number of ether oxygens (including phenoxy) is 2. The molecule has 0 fully saturated rings. The molecule has 0 aromatic heterocycles. The van der Waals surface area contributed by atoms with E-state index in [4.69, 9.17) is 19.5 Å². The van der Waals surface area contributed by atoms with Crippen LogP contribution < -0.4 is 9.47 Å². The van der Waals surface area contributed by atoms with Crippen molar-refractivity contribution in [3.8, 4) is 11.5 Å². The summed E-state index contributed by atoms with van der Waals surface area (Å²) in [6, 6.07) is 13.1. The number of allylic oxidation sites excluding steroid dienone is 2. The van der Waals surface area contributed by atoms with Crippen molar-refractivity contribution in [3.05, 3.63) is 58.7 Å². The van der Waals surface area contributed by atoms with Crippen LogP contribution in [0.2, 0.25) is 6.32 Å². The molecule has 0 aliphatic heterocycles. The Hall–Kier alpha value is -2.24. The van der Waals surface area contributed by atoms with E-state index in [9.17, 15) is 0 Å². The lowest BCUT2D eigenvalue weighted by atomic mass is 9.84. The van der Waals surface area contributed by atoms with Crippen LogP contribution in [0.25, 0.3) is 11.1 Å². The molecule has 2 N–H and O–H groups in total. The Bertz CT molecular complexity index is 966. The summed E-state index contributed by atoms with van der Waals surface area (Å²) in [5.41, 5.74) is 8.50. The zero-order chi connectivity index (χ0) is 23.0. The monoisotopic (exact) mass is 448 g/mol. The summed E-state index contributed by atoms with van der Waals surface area (Å²) in [5.74, 6) is 1.90. The molecule has 0 heterocycles. The van der Waals surface area contributed by atoms with Gasteiger partial charge in [0.25, 0.3) is 0 Å². The van der Waals surface area contributed by atoms with Gasteiger partial charge >= 0.3 is 7.12 Å². The zero-order valence-electron chi connectivity index (χ0n) is 19.9. The number of aryl methyl sites for hydroxylation is 2. The Morgan fingerprint density at radius 2 is 1.24 bits per heavy atom. The second-order valence-corrected chi connectivity index (χ2v) is 9.33. The Kier molecular flexibility index (Phi) is 8.52. The van der Waals surface area contributed by atoms with Crippen LogP contribution in [-0.2, 0) is 12.8 Å². The van der Waals surface area contributed by atoms with E-state index in [0.717, 1.165) is 63.1 Å². The predicted octanol–water partition coefficient (Wildman–Crippen LogP) is 6.08.